The third-order valence-electron chi connectivity index (χ3n) is 4.08. The molecule has 2 aromatic carbocycles. The zero-order valence-corrected chi connectivity index (χ0v) is 16.7. The number of halogens is 1. The van der Waals surface area contributed by atoms with Crippen LogP contribution in [-0.2, 0) is 10.3 Å². The molecule has 0 unspecified atom stereocenters. The van der Waals surface area contributed by atoms with E-state index in [1.165, 1.54) is 12.1 Å². The summed E-state index contributed by atoms with van der Waals surface area (Å²) in [7, 11) is -4.06. The van der Waals surface area contributed by atoms with Gasteiger partial charge in [0.2, 0.25) is 0 Å². The molecule has 0 aromatic heterocycles. The summed E-state index contributed by atoms with van der Waals surface area (Å²) in [5.74, 6) is 0.0820. The molecule has 1 heterocycles. The Morgan fingerprint density at radius 1 is 1.00 bits per heavy atom. The smallest absolute Gasteiger partial charge is 0.371 e. The second kappa shape index (κ2) is 8.15. The number of carbonyl (C=O) groups is 1. The number of anilines is 2. The van der Waals surface area contributed by atoms with Crippen molar-refractivity contribution < 1.29 is 17.4 Å². The Labute approximate surface area is 166 Å². The monoisotopic (exact) mass is 454 g/mol. The van der Waals surface area contributed by atoms with Gasteiger partial charge in [-0.2, -0.15) is 13.6 Å². The first-order valence-corrected chi connectivity index (χ1v) is 10.5. The van der Waals surface area contributed by atoms with Gasteiger partial charge in [-0.25, -0.2) is 4.79 Å². The van der Waals surface area contributed by atoms with Crippen molar-refractivity contribution in [2.75, 3.05) is 36.4 Å². The molecule has 1 saturated heterocycles. The third kappa shape index (κ3) is 5.59. The summed E-state index contributed by atoms with van der Waals surface area (Å²) in [6.45, 7) is 2.70. The predicted molar refractivity (Wildman–Crippen MR) is 107 cm³/mol. The highest BCUT2D eigenvalue weighted by Gasteiger charge is 2.21. The number of hydrogen-bond acceptors (Lipinski definition) is 5. The molecule has 1 aliphatic heterocycles. The first kappa shape index (κ1) is 19.5. The van der Waals surface area contributed by atoms with E-state index in [1.54, 1.807) is 17.0 Å². The minimum atomic E-state index is -4.06. The molecule has 27 heavy (non-hydrogen) atoms. The first-order valence-electron chi connectivity index (χ1n) is 8.19. The van der Waals surface area contributed by atoms with Gasteiger partial charge in [-0.05, 0) is 48.5 Å². The van der Waals surface area contributed by atoms with Crippen molar-refractivity contribution in [2.24, 2.45) is 5.14 Å². The van der Waals surface area contributed by atoms with Crippen LogP contribution in [-0.4, -0.2) is 45.5 Å². The summed E-state index contributed by atoms with van der Waals surface area (Å²) in [6, 6.07) is 13.8. The molecular weight excluding hydrogens is 436 g/mol. The third-order valence-corrected chi connectivity index (χ3v) is 5.03. The molecule has 0 aliphatic carbocycles. The second-order valence-corrected chi connectivity index (χ2v) is 8.05. The van der Waals surface area contributed by atoms with E-state index in [4.69, 9.17) is 5.14 Å². The molecule has 1 fully saturated rings. The van der Waals surface area contributed by atoms with Gasteiger partial charge in [0, 0.05) is 42.0 Å². The number of hydrogen-bond donors (Lipinski definition) is 2. The molecule has 0 bridgehead atoms. The summed E-state index contributed by atoms with van der Waals surface area (Å²) in [5, 5.41) is 7.60. The van der Waals surface area contributed by atoms with Gasteiger partial charge in [0.05, 0.1) is 0 Å². The minimum Gasteiger partial charge on any atom is -0.371 e. The summed E-state index contributed by atoms with van der Waals surface area (Å²) in [4.78, 5) is 16.4. The highest BCUT2D eigenvalue weighted by Crippen LogP contribution is 2.21. The van der Waals surface area contributed by atoms with Crippen molar-refractivity contribution in [1.29, 1.82) is 0 Å². The van der Waals surface area contributed by atoms with Crippen molar-refractivity contribution in [1.82, 2.24) is 4.90 Å². The van der Waals surface area contributed by atoms with Gasteiger partial charge in [0.25, 0.3) is 0 Å². The maximum atomic E-state index is 12.4. The highest BCUT2D eigenvalue weighted by atomic mass is 79.9. The fraction of sp³-hybridized carbons (Fsp3) is 0.235. The minimum absolute atomic E-state index is 0.0820. The number of benzene rings is 2. The fourth-order valence-corrected chi connectivity index (χ4v) is 3.39. The number of urea groups is 1. The molecule has 1 aliphatic rings. The average molecular weight is 455 g/mol. The molecule has 2 aromatic rings. The average Bonchev–Trinajstić information content (AvgIpc) is 2.63. The van der Waals surface area contributed by atoms with E-state index in [2.05, 4.69) is 30.3 Å². The second-order valence-electron chi connectivity index (χ2n) is 5.98. The summed E-state index contributed by atoms with van der Waals surface area (Å²) in [5.41, 5.74) is 1.67. The Balaban J connectivity index is 1.53. The summed E-state index contributed by atoms with van der Waals surface area (Å²) >= 11 is 3.42. The van der Waals surface area contributed by atoms with Crippen LogP contribution in [0, 0.1) is 0 Å². The molecule has 144 valence electrons. The van der Waals surface area contributed by atoms with Crippen LogP contribution in [0.4, 0.5) is 16.2 Å². The lowest BCUT2D eigenvalue weighted by atomic mass is 10.2. The molecular formula is C17H19BrN4O4S. The Bertz CT molecular complexity index is 896. The Hall–Kier alpha value is -2.30. The zero-order valence-electron chi connectivity index (χ0n) is 14.3. The maximum Gasteiger partial charge on any atom is 0.380 e. The van der Waals surface area contributed by atoms with E-state index < -0.39 is 10.3 Å². The van der Waals surface area contributed by atoms with Crippen molar-refractivity contribution in [3.05, 3.63) is 53.0 Å². The lowest BCUT2D eigenvalue weighted by molar-refractivity contribution is 0.208. The lowest BCUT2D eigenvalue weighted by Crippen LogP contribution is -2.50. The van der Waals surface area contributed by atoms with Crippen molar-refractivity contribution in [3.63, 3.8) is 0 Å². The van der Waals surface area contributed by atoms with E-state index in [0.717, 1.165) is 23.2 Å². The van der Waals surface area contributed by atoms with Crippen LogP contribution in [0.1, 0.15) is 0 Å². The zero-order chi connectivity index (χ0) is 19.4. The SMILES string of the molecule is NS(=O)(=O)Oc1ccc(NC(=O)N2CCN(c3ccc(Br)cc3)CC2)cc1. The number of nitrogens with one attached hydrogen (secondary N) is 1. The summed E-state index contributed by atoms with van der Waals surface area (Å²) in [6.07, 6.45) is 0. The molecule has 3 rings (SSSR count). The normalized spacial score (nSPS) is 14.7. The van der Waals surface area contributed by atoms with Crippen LogP contribution in [0.2, 0.25) is 0 Å². The Kier molecular flexibility index (Phi) is 5.88. The van der Waals surface area contributed by atoms with Crippen LogP contribution in [0.15, 0.2) is 53.0 Å². The van der Waals surface area contributed by atoms with E-state index in [9.17, 15) is 13.2 Å². The van der Waals surface area contributed by atoms with Gasteiger partial charge >= 0.3 is 16.3 Å². The molecule has 0 saturated carbocycles. The number of carbonyl (C=O) groups excluding carboxylic acids is 1. The summed E-state index contributed by atoms with van der Waals surface area (Å²) < 4.78 is 27.4. The van der Waals surface area contributed by atoms with Gasteiger partial charge in [-0.3, -0.25) is 0 Å². The number of nitrogens with zero attached hydrogens (tertiary/aromatic N) is 2. The molecule has 3 N–H and O–H groups in total. The van der Waals surface area contributed by atoms with Gasteiger partial charge in [-0.15, -0.1) is 0 Å². The van der Waals surface area contributed by atoms with E-state index >= 15 is 0 Å². The molecule has 0 atom stereocenters. The largest absolute Gasteiger partial charge is 0.380 e. The lowest BCUT2D eigenvalue weighted by Gasteiger charge is -2.36. The van der Waals surface area contributed by atoms with Crippen LogP contribution in [0.5, 0.6) is 5.75 Å². The number of rotatable bonds is 4. The van der Waals surface area contributed by atoms with Crippen LogP contribution < -0.4 is 19.5 Å². The van der Waals surface area contributed by atoms with Crippen LogP contribution in [0.25, 0.3) is 0 Å². The van der Waals surface area contributed by atoms with Gasteiger partial charge in [-0.1, -0.05) is 15.9 Å². The molecule has 0 radical (unpaired) electrons. The number of amides is 2. The van der Waals surface area contributed by atoms with Crippen LogP contribution >= 0.6 is 15.9 Å². The molecule has 2 amide bonds. The predicted octanol–water partition coefficient (Wildman–Crippen LogP) is 2.39. The number of nitrogens with two attached hydrogens (primary N) is 1. The Morgan fingerprint density at radius 3 is 2.15 bits per heavy atom. The van der Waals surface area contributed by atoms with Gasteiger partial charge < -0.3 is 19.3 Å². The number of piperazine rings is 1. The Morgan fingerprint density at radius 2 is 1.59 bits per heavy atom. The van der Waals surface area contributed by atoms with Crippen LogP contribution in [0.3, 0.4) is 0 Å². The highest BCUT2D eigenvalue weighted by molar-refractivity contribution is 9.10. The van der Waals surface area contributed by atoms with E-state index in [-0.39, 0.29) is 11.8 Å². The van der Waals surface area contributed by atoms with Crippen molar-refractivity contribution in [3.8, 4) is 5.75 Å². The van der Waals surface area contributed by atoms with E-state index in [1.807, 2.05) is 24.3 Å². The molecule has 8 nitrogen and oxygen atoms in total. The first-order chi connectivity index (χ1) is 12.8. The fourth-order valence-electron chi connectivity index (χ4n) is 2.75. The standard InChI is InChI=1S/C17H19BrN4O4S/c18-13-1-5-15(6-2-13)21-9-11-22(12-10-21)17(23)20-14-3-7-16(8-4-14)26-27(19,24)25/h1-8H,9-12H2,(H,20,23)(H2,19,24,25). The van der Waals surface area contributed by atoms with Crippen molar-refractivity contribution in [2.45, 2.75) is 0 Å². The maximum absolute atomic E-state index is 12.4. The van der Waals surface area contributed by atoms with Crippen molar-refractivity contribution >= 4 is 43.6 Å². The topological polar surface area (TPSA) is 105 Å². The molecule has 0 spiro atoms. The van der Waals surface area contributed by atoms with Gasteiger partial charge in [0.1, 0.15) is 5.75 Å². The molecule has 10 heteroatoms. The van der Waals surface area contributed by atoms with E-state index in [0.29, 0.717) is 18.8 Å². The van der Waals surface area contributed by atoms with Gasteiger partial charge in [0.15, 0.2) is 0 Å². The quantitative estimate of drug-likeness (QED) is 0.737.